The molecule has 2 heterocycles. The number of hydrogen-bond acceptors (Lipinski definition) is 5. The quantitative estimate of drug-likeness (QED) is 0.830. The van der Waals surface area contributed by atoms with Crippen LogP contribution < -0.4 is 14.8 Å². The zero-order valence-corrected chi connectivity index (χ0v) is 13.8. The number of hydrogen-bond donors (Lipinski definition) is 1. The van der Waals surface area contributed by atoms with Crippen molar-refractivity contribution in [3.05, 3.63) is 23.8 Å². The normalized spacial score (nSPS) is 24.4. The van der Waals surface area contributed by atoms with Crippen LogP contribution in [0.2, 0.25) is 0 Å². The van der Waals surface area contributed by atoms with Crippen LogP contribution in [0.1, 0.15) is 31.2 Å². The van der Waals surface area contributed by atoms with Gasteiger partial charge < -0.3 is 14.8 Å². The Morgan fingerprint density at radius 2 is 1.84 bits per heavy atom. The lowest BCUT2D eigenvalue weighted by Crippen LogP contribution is -2.40. The molecule has 0 spiro atoms. The van der Waals surface area contributed by atoms with E-state index in [4.69, 9.17) is 9.47 Å². The van der Waals surface area contributed by atoms with Gasteiger partial charge in [-0.05, 0) is 18.9 Å². The van der Waals surface area contributed by atoms with Crippen LogP contribution in [0.25, 0.3) is 0 Å². The van der Waals surface area contributed by atoms with E-state index < -0.39 is 0 Å². The van der Waals surface area contributed by atoms with Gasteiger partial charge in [0.1, 0.15) is 6.54 Å². The molecule has 1 aromatic rings. The summed E-state index contributed by atoms with van der Waals surface area (Å²) in [7, 11) is 0. The van der Waals surface area contributed by atoms with Gasteiger partial charge in [-0.1, -0.05) is 25.0 Å². The predicted molar refractivity (Wildman–Crippen MR) is 86.6 cm³/mol. The second-order valence-electron chi connectivity index (χ2n) is 6.69. The summed E-state index contributed by atoms with van der Waals surface area (Å²) < 4.78 is 10.7. The van der Waals surface area contributed by atoms with Crippen molar-refractivity contribution in [1.29, 1.82) is 0 Å². The molecule has 0 aromatic heterocycles. The fraction of sp³-hybridized carbons (Fsp3) is 0.500. The highest BCUT2D eigenvalue weighted by Crippen LogP contribution is 2.38. The Morgan fingerprint density at radius 3 is 2.56 bits per heavy atom. The minimum absolute atomic E-state index is 0.167. The standard InChI is InChI=1S/C18H20N2O5/c21-15(19-8-11-4-3-7-14-16(11)25-10-24-14)9-20-17(22)12-5-1-2-6-13(12)18(20)23/h3-4,7,12-13H,1-2,5-6,8-10H2,(H,19,21). The number of nitrogens with one attached hydrogen (secondary N) is 1. The van der Waals surface area contributed by atoms with Crippen molar-refractivity contribution in [1.82, 2.24) is 10.2 Å². The number of nitrogens with zero attached hydrogens (tertiary/aromatic N) is 1. The first-order chi connectivity index (χ1) is 12.1. The number of ether oxygens (including phenoxy) is 2. The molecule has 25 heavy (non-hydrogen) atoms. The molecule has 1 saturated heterocycles. The maximum absolute atomic E-state index is 12.4. The number of rotatable bonds is 4. The minimum atomic E-state index is -0.350. The third-order valence-corrected chi connectivity index (χ3v) is 5.19. The van der Waals surface area contributed by atoms with Gasteiger partial charge in [0, 0.05) is 12.1 Å². The maximum atomic E-state index is 12.4. The van der Waals surface area contributed by atoms with E-state index in [9.17, 15) is 14.4 Å². The number of carbonyl (C=O) groups excluding carboxylic acids is 3. The molecule has 0 radical (unpaired) electrons. The average Bonchev–Trinajstić information content (AvgIpc) is 3.20. The van der Waals surface area contributed by atoms with E-state index in [0.717, 1.165) is 36.1 Å². The second-order valence-corrected chi connectivity index (χ2v) is 6.69. The molecule has 2 aliphatic heterocycles. The van der Waals surface area contributed by atoms with Crippen molar-refractivity contribution in [2.45, 2.75) is 32.2 Å². The fourth-order valence-corrected chi connectivity index (χ4v) is 3.91. The van der Waals surface area contributed by atoms with E-state index in [1.807, 2.05) is 12.1 Å². The summed E-state index contributed by atoms with van der Waals surface area (Å²) in [5.41, 5.74) is 0.802. The molecule has 2 fully saturated rings. The van der Waals surface area contributed by atoms with E-state index in [-0.39, 0.29) is 49.4 Å². The third kappa shape index (κ3) is 2.83. The molecule has 132 valence electrons. The summed E-state index contributed by atoms with van der Waals surface area (Å²) in [5, 5.41) is 2.76. The molecule has 2 unspecified atom stereocenters. The average molecular weight is 344 g/mol. The van der Waals surface area contributed by atoms with Crippen molar-refractivity contribution in [2.24, 2.45) is 11.8 Å². The highest BCUT2D eigenvalue weighted by molar-refractivity contribution is 6.07. The SMILES string of the molecule is O=C(CN1C(=O)C2CCCCC2C1=O)NCc1cccc2c1OCO2. The summed E-state index contributed by atoms with van der Waals surface area (Å²) in [5.74, 6) is 0.0955. The van der Waals surface area contributed by atoms with Gasteiger partial charge in [0.15, 0.2) is 11.5 Å². The molecule has 2 atom stereocenters. The van der Waals surface area contributed by atoms with Gasteiger partial charge in [0.2, 0.25) is 24.5 Å². The zero-order chi connectivity index (χ0) is 17.4. The van der Waals surface area contributed by atoms with Crippen molar-refractivity contribution < 1.29 is 23.9 Å². The van der Waals surface area contributed by atoms with Crippen LogP contribution >= 0.6 is 0 Å². The van der Waals surface area contributed by atoms with Crippen molar-refractivity contribution in [2.75, 3.05) is 13.3 Å². The third-order valence-electron chi connectivity index (χ3n) is 5.19. The number of fused-ring (bicyclic) bond motifs is 2. The fourth-order valence-electron chi connectivity index (χ4n) is 3.91. The van der Waals surface area contributed by atoms with Crippen molar-refractivity contribution >= 4 is 17.7 Å². The molecule has 7 heteroatoms. The number of imide groups is 1. The molecule has 1 N–H and O–H groups in total. The van der Waals surface area contributed by atoms with Crippen LogP contribution in [0.4, 0.5) is 0 Å². The highest BCUT2D eigenvalue weighted by Gasteiger charge is 2.48. The summed E-state index contributed by atoms with van der Waals surface area (Å²) >= 11 is 0. The molecule has 1 aromatic carbocycles. The lowest BCUT2D eigenvalue weighted by Gasteiger charge is -2.19. The largest absolute Gasteiger partial charge is 0.454 e. The first-order valence-corrected chi connectivity index (χ1v) is 8.64. The van der Waals surface area contributed by atoms with Gasteiger partial charge >= 0.3 is 0 Å². The monoisotopic (exact) mass is 344 g/mol. The Balaban J connectivity index is 1.37. The molecule has 7 nitrogen and oxygen atoms in total. The Hall–Kier alpha value is -2.57. The second kappa shape index (κ2) is 6.38. The predicted octanol–water partition coefficient (Wildman–Crippen LogP) is 1.21. The Kier molecular flexibility index (Phi) is 4.07. The Labute approximate surface area is 145 Å². The van der Waals surface area contributed by atoms with Crippen LogP contribution in [0, 0.1) is 11.8 Å². The van der Waals surface area contributed by atoms with Crippen molar-refractivity contribution in [3.8, 4) is 11.5 Å². The molecule has 1 aliphatic carbocycles. The van der Waals surface area contributed by atoms with Crippen LogP contribution in [0.15, 0.2) is 18.2 Å². The van der Waals surface area contributed by atoms with E-state index >= 15 is 0 Å². The van der Waals surface area contributed by atoms with Gasteiger partial charge in [-0.2, -0.15) is 0 Å². The summed E-state index contributed by atoms with van der Waals surface area (Å²) in [6, 6.07) is 5.47. The number of benzene rings is 1. The number of carbonyl (C=O) groups is 3. The van der Waals surface area contributed by atoms with E-state index in [1.165, 1.54) is 0 Å². The lowest BCUT2D eigenvalue weighted by atomic mass is 9.81. The number of amides is 3. The number of para-hydroxylation sites is 1. The minimum Gasteiger partial charge on any atom is -0.454 e. The molecular formula is C18H20N2O5. The molecular weight excluding hydrogens is 324 g/mol. The molecule has 4 rings (SSSR count). The number of likely N-dealkylation sites (tertiary alicyclic amines) is 1. The van der Waals surface area contributed by atoms with Crippen LogP contribution in [0.3, 0.4) is 0 Å². The molecule has 0 bridgehead atoms. The lowest BCUT2D eigenvalue weighted by molar-refractivity contribution is -0.143. The summed E-state index contributed by atoms with van der Waals surface area (Å²) in [6.45, 7) is 0.214. The molecule has 3 amide bonds. The highest BCUT2D eigenvalue weighted by atomic mass is 16.7. The van der Waals surface area contributed by atoms with Gasteiger partial charge in [-0.25, -0.2) is 0 Å². The smallest absolute Gasteiger partial charge is 0.240 e. The van der Waals surface area contributed by atoms with Gasteiger partial charge in [0.05, 0.1) is 11.8 Å². The van der Waals surface area contributed by atoms with Gasteiger partial charge in [-0.15, -0.1) is 0 Å². The van der Waals surface area contributed by atoms with Crippen LogP contribution in [-0.2, 0) is 20.9 Å². The summed E-state index contributed by atoms with van der Waals surface area (Å²) in [6.07, 6.45) is 3.45. The van der Waals surface area contributed by atoms with Crippen LogP contribution in [0.5, 0.6) is 11.5 Å². The van der Waals surface area contributed by atoms with E-state index in [2.05, 4.69) is 5.32 Å². The van der Waals surface area contributed by atoms with E-state index in [1.54, 1.807) is 6.07 Å². The van der Waals surface area contributed by atoms with Crippen LogP contribution in [-0.4, -0.2) is 36.0 Å². The maximum Gasteiger partial charge on any atom is 0.240 e. The Morgan fingerprint density at radius 1 is 1.12 bits per heavy atom. The topological polar surface area (TPSA) is 84.9 Å². The summed E-state index contributed by atoms with van der Waals surface area (Å²) in [4.78, 5) is 38.2. The van der Waals surface area contributed by atoms with Crippen molar-refractivity contribution in [3.63, 3.8) is 0 Å². The van der Waals surface area contributed by atoms with Gasteiger partial charge in [-0.3, -0.25) is 19.3 Å². The Bertz CT molecular complexity index is 708. The van der Waals surface area contributed by atoms with E-state index in [0.29, 0.717) is 11.5 Å². The first-order valence-electron chi connectivity index (χ1n) is 8.64. The molecule has 1 saturated carbocycles. The van der Waals surface area contributed by atoms with Gasteiger partial charge in [0.25, 0.3) is 0 Å². The first kappa shape index (κ1) is 15.9. The zero-order valence-electron chi connectivity index (χ0n) is 13.8. The molecule has 3 aliphatic rings.